The first-order valence-electron chi connectivity index (χ1n) is 9.35. The molecular weight excluding hydrogens is 354 g/mol. The smallest absolute Gasteiger partial charge is 0.354 e. The first-order chi connectivity index (χ1) is 12.4. The predicted octanol–water partition coefficient (Wildman–Crippen LogP) is 1.76. The van der Waals surface area contributed by atoms with Gasteiger partial charge in [0.25, 0.3) is 0 Å². The SMILES string of the molecule is COC(=O)c1cc(S(=O)(=O)N2CCC(N3CCCCC3)CC2)c(C)n1C. The van der Waals surface area contributed by atoms with Crippen LogP contribution in [0.3, 0.4) is 0 Å². The fourth-order valence-electron chi connectivity index (χ4n) is 4.10. The van der Waals surface area contributed by atoms with Gasteiger partial charge in [-0.15, -0.1) is 0 Å². The summed E-state index contributed by atoms with van der Waals surface area (Å²) < 4.78 is 34.1. The minimum absolute atomic E-state index is 0.205. The Morgan fingerprint density at radius 1 is 1.12 bits per heavy atom. The molecule has 2 aliphatic heterocycles. The number of hydrogen-bond acceptors (Lipinski definition) is 5. The van der Waals surface area contributed by atoms with Gasteiger partial charge < -0.3 is 14.2 Å². The summed E-state index contributed by atoms with van der Waals surface area (Å²) in [4.78, 5) is 14.6. The van der Waals surface area contributed by atoms with Crippen LogP contribution >= 0.6 is 0 Å². The molecule has 8 heteroatoms. The van der Waals surface area contributed by atoms with Crippen LogP contribution in [0.5, 0.6) is 0 Å². The summed E-state index contributed by atoms with van der Waals surface area (Å²) in [6.45, 7) is 5.06. The van der Waals surface area contributed by atoms with Crippen molar-refractivity contribution >= 4 is 16.0 Å². The van der Waals surface area contributed by atoms with E-state index in [1.54, 1.807) is 22.8 Å². The second-order valence-corrected chi connectivity index (χ2v) is 9.17. The van der Waals surface area contributed by atoms with Crippen LogP contribution < -0.4 is 0 Å². The molecule has 0 saturated carbocycles. The number of rotatable bonds is 4. The van der Waals surface area contributed by atoms with Crippen molar-refractivity contribution in [3.63, 3.8) is 0 Å². The Morgan fingerprint density at radius 3 is 2.31 bits per heavy atom. The lowest BCUT2D eigenvalue weighted by atomic mass is 10.0. The fraction of sp³-hybridized carbons (Fsp3) is 0.722. The van der Waals surface area contributed by atoms with E-state index in [4.69, 9.17) is 4.74 Å². The maximum absolute atomic E-state index is 13.1. The van der Waals surface area contributed by atoms with Crippen LogP contribution in [-0.2, 0) is 21.8 Å². The minimum atomic E-state index is -3.60. The quantitative estimate of drug-likeness (QED) is 0.741. The van der Waals surface area contributed by atoms with Gasteiger partial charge in [0.15, 0.2) is 0 Å². The van der Waals surface area contributed by atoms with E-state index in [0.29, 0.717) is 24.8 Å². The maximum Gasteiger partial charge on any atom is 0.354 e. The van der Waals surface area contributed by atoms with E-state index < -0.39 is 16.0 Å². The van der Waals surface area contributed by atoms with Crippen LogP contribution in [-0.4, -0.2) is 67.5 Å². The number of nitrogens with zero attached hydrogens (tertiary/aromatic N) is 3. The summed E-state index contributed by atoms with van der Waals surface area (Å²) >= 11 is 0. The largest absolute Gasteiger partial charge is 0.464 e. The average Bonchev–Trinajstić information content (AvgIpc) is 2.98. The number of aromatic nitrogens is 1. The number of carbonyl (C=O) groups excluding carboxylic acids is 1. The average molecular weight is 384 g/mol. The summed E-state index contributed by atoms with van der Waals surface area (Å²) in [6.07, 6.45) is 5.54. The van der Waals surface area contributed by atoms with Gasteiger partial charge in [-0.3, -0.25) is 0 Å². The Bertz CT molecular complexity index is 758. The van der Waals surface area contributed by atoms with E-state index in [1.165, 1.54) is 32.4 Å². The fourth-order valence-corrected chi connectivity index (χ4v) is 5.84. The van der Waals surface area contributed by atoms with Crippen LogP contribution in [0.15, 0.2) is 11.0 Å². The summed E-state index contributed by atoms with van der Waals surface area (Å²) in [6, 6.07) is 1.93. The van der Waals surface area contributed by atoms with Crippen molar-refractivity contribution in [3.05, 3.63) is 17.5 Å². The molecule has 26 heavy (non-hydrogen) atoms. The summed E-state index contributed by atoms with van der Waals surface area (Å²) in [5.74, 6) is -0.527. The van der Waals surface area contributed by atoms with E-state index in [9.17, 15) is 13.2 Å². The van der Waals surface area contributed by atoms with Gasteiger partial charge in [-0.1, -0.05) is 6.42 Å². The number of carbonyl (C=O) groups is 1. The molecule has 1 aromatic heterocycles. The summed E-state index contributed by atoms with van der Waals surface area (Å²) in [5.41, 5.74) is 0.815. The van der Waals surface area contributed by atoms with Crippen molar-refractivity contribution in [3.8, 4) is 0 Å². The molecule has 7 nitrogen and oxygen atoms in total. The van der Waals surface area contributed by atoms with Gasteiger partial charge >= 0.3 is 5.97 Å². The number of sulfonamides is 1. The number of piperidine rings is 2. The predicted molar refractivity (Wildman–Crippen MR) is 98.7 cm³/mol. The number of likely N-dealkylation sites (tertiary alicyclic amines) is 1. The zero-order valence-corrected chi connectivity index (χ0v) is 16.7. The molecular formula is C18H29N3O4S. The Hall–Kier alpha value is -1.38. The third-order valence-corrected chi connectivity index (χ3v) is 7.85. The number of ether oxygens (including phenoxy) is 1. The lowest BCUT2D eigenvalue weighted by Crippen LogP contribution is -2.48. The van der Waals surface area contributed by atoms with Gasteiger partial charge in [0.2, 0.25) is 10.0 Å². The number of esters is 1. The van der Waals surface area contributed by atoms with Gasteiger partial charge in [-0.2, -0.15) is 4.31 Å². The molecule has 0 N–H and O–H groups in total. The molecule has 0 unspecified atom stereocenters. The van der Waals surface area contributed by atoms with Crippen LogP contribution in [0.1, 0.15) is 48.3 Å². The van der Waals surface area contributed by atoms with E-state index >= 15 is 0 Å². The molecule has 2 fully saturated rings. The van der Waals surface area contributed by atoms with Gasteiger partial charge in [0.1, 0.15) is 10.6 Å². The lowest BCUT2D eigenvalue weighted by molar-refractivity contribution is 0.0589. The maximum atomic E-state index is 13.1. The Balaban J connectivity index is 1.74. The van der Waals surface area contributed by atoms with Crippen molar-refractivity contribution in [2.45, 2.75) is 50.0 Å². The second-order valence-electron chi connectivity index (χ2n) is 7.26. The topological polar surface area (TPSA) is 71.8 Å². The highest BCUT2D eigenvalue weighted by Crippen LogP contribution is 2.28. The van der Waals surface area contributed by atoms with Gasteiger partial charge in [0, 0.05) is 31.9 Å². The molecule has 2 aliphatic rings. The number of methoxy groups -OCH3 is 1. The van der Waals surface area contributed by atoms with Crippen molar-refractivity contribution in [1.29, 1.82) is 0 Å². The molecule has 0 aromatic carbocycles. The summed E-state index contributed by atoms with van der Waals surface area (Å²) in [5, 5.41) is 0. The van der Waals surface area contributed by atoms with E-state index in [1.807, 2.05) is 0 Å². The molecule has 0 radical (unpaired) electrons. The Kier molecular flexibility index (Phi) is 5.74. The Labute approximate surface area is 156 Å². The van der Waals surface area contributed by atoms with Crippen LogP contribution in [0.4, 0.5) is 0 Å². The molecule has 0 atom stereocenters. The molecule has 0 amide bonds. The van der Waals surface area contributed by atoms with E-state index in [-0.39, 0.29) is 10.6 Å². The van der Waals surface area contributed by atoms with Gasteiger partial charge in [0.05, 0.1) is 7.11 Å². The van der Waals surface area contributed by atoms with E-state index in [2.05, 4.69) is 4.90 Å². The van der Waals surface area contributed by atoms with Crippen molar-refractivity contribution in [2.24, 2.45) is 7.05 Å². The highest BCUT2D eigenvalue weighted by atomic mass is 32.2. The molecule has 3 heterocycles. The minimum Gasteiger partial charge on any atom is -0.464 e. The molecule has 0 bridgehead atoms. The van der Waals surface area contributed by atoms with Crippen LogP contribution in [0, 0.1) is 6.92 Å². The highest BCUT2D eigenvalue weighted by molar-refractivity contribution is 7.89. The summed E-state index contributed by atoms with van der Waals surface area (Å²) in [7, 11) is -0.624. The number of hydrogen-bond donors (Lipinski definition) is 0. The first kappa shape index (κ1) is 19.4. The molecule has 3 rings (SSSR count). The van der Waals surface area contributed by atoms with Gasteiger partial charge in [-0.05, 0) is 51.8 Å². The first-order valence-corrected chi connectivity index (χ1v) is 10.8. The molecule has 0 spiro atoms. The van der Waals surface area contributed by atoms with Crippen molar-refractivity contribution in [1.82, 2.24) is 13.8 Å². The van der Waals surface area contributed by atoms with E-state index in [0.717, 1.165) is 25.9 Å². The third kappa shape index (κ3) is 3.54. The van der Waals surface area contributed by atoms with Gasteiger partial charge in [-0.25, -0.2) is 13.2 Å². The third-order valence-electron chi connectivity index (χ3n) is 5.83. The standard InChI is InChI=1S/C18H29N3O4S/c1-14-17(13-16(19(14)2)18(22)25-3)26(23,24)21-11-7-15(8-12-21)20-9-5-4-6-10-20/h13,15H,4-12H2,1-3H3. The van der Waals surface area contributed by atoms with Crippen molar-refractivity contribution in [2.75, 3.05) is 33.3 Å². The zero-order chi connectivity index (χ0) is 18.9. The molecule has 1 aromatic rings. The molecule has 0 aliphatic carbocycles. The normalized spacial score (nSPS) is 21.0. The van der Waals surface area contributed by atoms with Crippen molar-refractivity contribution < 1.29 is 17.9 Å². The van der Waals surface area contributed by atoms with Crippen LogP contribution in [0.25, 0.3) is 0 Å². The monoisotopic (exact) mass is 383 g/mol. The highest BCUT2D eigenvalue weighted by Gasteiger charge is 2.34. The zero-order valence-electron chi connectivity index (χ0n) is 15.9. The lowest BCUT2D eigenvalue weighted by Gasteiger charge is -2.39. The van der Waals surface area contributed by atoms with Crippen LogP contribution in [0.2, 0.25) is 0 Å². The molecule has 2 saturated heterocycles. The second kappa shape index (κ2) is 7.70. The molecule has 146 valence electrons. The Morgan fingerprint density at radius 2 is 1.73 bits per heavy atom.